The number of carbonyl (C=O) groups excluding carboxylic acids is 1. The normalized spacial score (nSPS) is 19.7. The minimum Gasteiger partial charge on any atom is -0.318 e. The first-order chi connectivity index (χ1) is 7.13. The number of β-lactam (4-membered cyclic amide) rings is 1. The highest BCUT2D eigenvalue weighted by Gasteiger charge is 2.35. The Bertz CT molecular complexity index is 466. The Morgan fingerprint density at radius 1 is 1.60 bits per heavy atom. The molecular formula is C10H8ClN3O. The van der Waals surface area contributed by atoms with Crippen molar-refractivity contribution < 1.29 is 4.79 Å². The minimum atomic E-state index is -0.438. The van der Waals surface area contributed by atoms with E-state index in [1.165, 1.54) is 4.90 Å². The van der Waals surface area contributed by atoms with Crippen LogP contribution in [0.4, 0.5) is 5.69 Å². The van der Waals surface area contributed by atoms with Crippen molar-refractivity contribution in [3.8, 4) is 6.07 Å². The first kappa shape index (κ1) is 9.97. The fourth-order valence-corrected chi connectivity index (χ4v) is 1.68. The second-order valence-electron chi connectivity index (χ2n) is 3.33. The van der Waals surface area contributed by atoms with Crippen molar-refractivity contribution in [2.45, 2.75) is 6.04 Å². The molecule has 4 nitrogen and oxygen atoms in total. The molecule has 1 atom stereocenters. The van der Waals surface area contributed by atoms with Crippen molar-refractivity contribution >= 4 is 23.2 Å². The molecule has 1 aromatic carbocycles. The van der Waals surface area contributed by atoms with E-state index >= 15 is 0 Å². The van der Waals surface area contributed by atoms with Crippen molar-refractivity contribution in [2.75, 3.05) is 11.4 Å². The second-order valence-corrected chi connectivity index (χ2v) is 3.74. The monoisotopic (exact) mass is 221 g/mol. The van der Waals surface area contributed by atoms with Crippen LogP contribution in [-0.4, -0.2) is 18.5 Å². The molecule has 5 heteroatoms. The van der Waals surface area contributed by atoms with Gasteiger partial charge in [0, 0.05) is 0 Å². The summed E-state index contributed by atoms with van der Waals surface area (Å²) in [6.45, 7) is 0.452. The summed E-state index contributed by atoms with van der Waals surface area (Å²) in [5.41, 5.74) is 6.50. The third-order valence-corrected chi connectivity index (χ3v) is 2.65. The van der Waals surface area contributed by atoms with E-state index < -0.39 is 6.04 Å². The van der Waals surface area contributed by atoms with Crippen LogP contribution in [0.2, 0.25) is 5.02 Å². The summed E-state index contributed by atoms with van der Waals surface area (Å²) in [4.78, 5) is 12.9. The molecule has 1 fully saturated rings. The molecular weight excluding hydrogens is 214 g/mol. The standard InChI is InChI=1S/C10H8ClN3O/c11-7-2-1-6(4-12)3-9(7)14-5-8(13)10(14)15/h1-3,8H,5,13H2. The van der Waals surface area contributed by atoms with Gasteiger partial charge in [0.25, 0.3) is 0 Å². The van der Waals surface area contributed by atoms with Crippen LogP contribution in [0.15, 0.2) is 18.2 Å². The van der Waals surface area contributed by atoms with E-state index in [0.29, 0.717) is 22.8 Å². The number of nitrogens with two attached hydrogens (primary N) is 1. The highest BCUT2D eigenvalue weighted by Crippen LogP contribution is 2.30. The molecule has 76 valence electrons. The summed E-state index contributed by atoms with van der Waals surface area (Å²) in [5, 5.41) is 9.18. The number of benzene rings is 1. The van der Waals surface area contributed by atoms with Gasteiger partial charge in [0.2, 0.25) is 5.91 Å². The summed E-state index contributed by atoms with van der Waals surface area (Å²) in [6, 6.07) is 6.36. The first-order valence-corrected chi connectivity index (χ1v) is 4.78. The van der Waals surface area contributed by atoms with Crippen molar-refractivity contribution in [1.29, 1.82) is 5.26 Å². The number of carbonyl (C=O) groups is 1. The largest absolute Gasteiger partial charge is 0.318 e. The maximum absolute atomic E-state index is 11.4. The number of amides is 1. The van der Waals surface area contributed by atoms with E-state index in [9.17, 15) is 4.79 Å². The quantitative estimate of drug-likeness (QED) is 0.716. The fraction of sp³-hybridized carbons (Fsp3) is 0.200. The van der Waals surface area contributed by atoms with E-state index in [1.54, 1.807) is 18.2 Å². The van der Waals surface area contributed by atoms with Crippen molar-refractivity contribution in [2.24, 2.45) is 5.73 Å². The SMILES string of the molecule is N#Cc1ccc(Cl)c(N2CC(N)C2=O)c1. The lowest BCUT2D eigenvalue weighted by molar-refractivity contribution is -0.123. The molecule has 1 unspecified atom stereocenters. The molecule has 1 amide bonds. The maximum atomic E-state index is 11.4. The molecule has 0 radical (unpaired) electrons. The molecule has 0 bridgehead atoms. The Morgan fingerprint density at radius 3 is 2.87 bits per heavy atom. The summed E-state index contributed by atoms with van der Waals surface area (Å²) in [5.74, 6) is -0.160. The lowest BCUT2D eigenvalue weighted by atomic mass is 10.1. The molecule has 2 N–H and O–H groups in total. The minimum absolute atomic E-state index is 0.160. The number of rotatable bonds is 1. The molecule has 1 aromatic rings. The molecule has 1 saturated heterocycles. The summed E-state index contributed by atoms with van der Waals surface area (Å²) in [7, 11) is 0. The molecule has 0 saturated carbocycles. The number of nitrogens with zero attached hydrogens (tertiary/aromatic N) is 2. The van der Waals surface area contributed by atoms with Crippen molar-refractivity contribution in [3.63, 3.8) is 0 Å². The lowest BCUT2D eigenvalue weighted by Crippen LogP contribution is -2.61. The lowest BCUT2D eigenvalue weighted by Gasteiger charge is -2.36. The van der Waals surface area contributed by atoms with E-state index in [1.807, 2.05) is 6.07 Å². The molecule has 0 aromatic heterocycles. The Labute approximate surface area is 91.8 Å². The van der Waals surface area contributed by atoms with Gasteiger partial charge in [-0.3, -0.25) is 4.79 Å². The van der Waals surface area contributed by atoms with Gasteiger partial charge in [0.05, 0.1) is 28.9 Å². The highest BCUT2D eigenvalue weighted by molar-refractivity contribution is 6.34. The molecule has 0 aliphatic carbocycles. The molecule has 2 rings (SSSR count). The van der Waals surface area contributed by atoms with Crippen LogP contribution in [0.1, 0.15) is 5.56 Å². The summed E-state index contributed by atoms with van der Waals surface area (Å²) >= 11 is 5.93. The molecule has 1 heterocycles. The molecule has 0 spiro atoms. The van der Waals surface area contributed by atoms with Crippen LogP contribution >= 0.6 is 11.6 Å². The Morgan fingerprint density at radius 2 is 2.33 bits per heavy atom. The Hall–Kier alpha value is -1.57. The van der Waals surface area contributed by atoms with Gasteiger partial charge in [-0.15, -0.1) is 0 Å². The smallest absolute Gasteiger partial charge is 0.245 e. The van der Waals surface area contributed by atoms with E-state index in [-0.39, 0.29) is 5.91 Å². The summed E-state index contributed by atoms with van der Waals surface area (Å²) in [6.07, 6.45) is 0. The predicted octanol–water partition coefficient (Wildman–Crippen LogP) is 0.886. The van der Waals surface area contributed by atoms with Crippen LogP contribution < -0.4 is 10.6 Å². The Balaban J connectivity index is 2.37. The average molecular weight is 222 g/mol. The van der Waals surface area contributed by atoms with Crippen LogP contribution in [0, 0.1) is 11.3 Å². The predicted molar refractivity (Wildman–Crippen MR) is 56.5 cm³/mol. The number of anilines is 1. The van der Waals surface area contributed by atoms with E-state index in [4.69, 9.17) is 22.6 Å². The van der Waals surface area contributed by atoms with Crippen LogP contribution in [0.25, 0.3) is 0 Å². The number of hydrogen-bond acceptors (Lipinski definition) is 3. The topological polar surface area (TPSA) is 70.1 Å². The van der Waals surface area contributed by atoms with Crippen molar-refractivity contribution in [3.05, 3.63) is 28.8 Å². The van der Waals surface area contributed by atoms with Gasteiger partial charge in [-0.1, -0.05) is 11.6 Å². The van der Waals surface area contributed by atoms with E-state index in [2.05, 4.69) is 0 Å². The first-order valence-electron chi connectivity index (χ1n) is 4.40. The second kappa shape index (κ2) is 3.54. The van der Waals surface area contributed by atoms with Gasteiger partial charge in [0.1, 0.15) is 6.04 Å². The zero-order valence-corrected chi connectivity index (χ0v) is 8.53. The van der Waals surface area contributed by atoms with Gasteiger partial charge in [-0.05, 0) is 18.2 Å². The van der Waals surface area contributed by atoms with E-state index in [0.717, 1.165) is 0 Å². The Kier molecular flexibility index (Phi) is 2.35. The average Bonchev–Trinajstić information content (AvgIpc) is 2.26. The van der Waals surface area contributed by atoms with Crippen LogP contribution in [-0.2, 0) is 4.79 Å². The number of hydrogen-bond donors (Lipinski definition) is 1. The van der Waals surface area contributed by atoms with Crippen molar-refractivity contribution in [1.82, 2.24) is 0 Å². The van der Waals surface area contributed by atoms with Crippen LogP contribution in [0.5, 0.6) is 0 Å². The fourth-order valence-electron chi connectivity index (χ4n) is 1.46. The zero-order valence-electron chi connectivity index (χ0n) is 7.77. The number of nitriles is 1. The molecule has 1 aliphatic rings. The summed E-state index contributed by atoms with van der Waals surface area (Å²) < 4.78 is 0. The molecule has 1 aliphatic heterocycles. The van der Waals surface area contributed by atoms with Gasteiger partial charge >= 0.3 is 0 Å². The molecule has 15 heavy (non-hydrogen) atoms. The third kappa shape index (κ3) is 1.56. The van der Waals surface area contributed by atoms with Crippen LogP contribution in [0.3, 0.4) is 0 Å². The number of halogens is 1. The maximum Gasteiger partial charge on any atom is 0.245 e. The van der Waals surface area contributed by atoms with Gasteiger partial charge in [-0.2, -0.15) is 5.26 Å². The van der Waals surface area contributed by atoms with Gasteiger partial charge < -0.3 is 10.6 Å². The van der Waals surface area contributed by atoms with Gasteiger partial charge in [0.15, 0.2) is 0 Å². The third-order valence-electron chi connectivity index (χ3n) is 2.33. The zero-order chi connectivity index (χ0) is 11.0. The van der Waals surface area contributed by atoms with Gasteiger partial charge in [-0.25, -0.2) is 0 Å². The highest BCUT2D eigenvalue weighted by atomic mass is 35.5.